The lowest BCUT2D eigenvalue weighted by Gasteiger charge is -2.34. The lowest BCUT2D eigenvalue weighted by Crippen LogP contribution is -2.47. The van der Waals surface area contributed by atoms with Gasteiger partial charge in [0.1, 0.15) is 12.4 Å². The number of ether oxygens (including phenoxy) is 1. The van der Waals surface area contributed by atoms with Crippen LogP contribution in [0.2, 0.25) is 0 Å². The molecule has 0 spiro atoms. The maximum atomic E-state index is 13.0. The van der Waals surface area contributed by atoms with Crippen LogP contribution in [0.1, 0.15) is 24.1 Å². The average molecular weight is 470 g/mol. The Morgan fingerprint density at radius 2 is 2.00 bits per heavy atom. The van der Waals surface area contributed by atoms with Crippen molar-refractivity contribution in [1.29, 1.82) is 0 Å². The van der Waals surface area contributed by atoms with E-state index < -0.39 is 12.3 Å². The van der Waals surface area contributed by atoms with Crippen molar-refractivity contribution >= 4 is 23.8 Å². The summed E-state index contributed by atoms with van der Waals surface area (Å²) in [5.41, 5.74) is 3.78. The van der Waals surface area contributed by atoms with Gasteiger partial charge in [0, 0.05) is 38.9 Å². The van der Waals surface area contributed by atoms with Gasteiger partial charge < -0.3 is 15.0 Å². The fraction of sp³-hybridized carbons (Fsp3) is 0.391. The summed E-state index contributed by atoms with van der Waals surface area (Å²) < 4.78 is 17.9. The van der Waals surface area contributed by atoms with Crippen molar-refractivity contribution in [1.82, 2.24) is 25.3 Å². The molecule has 0 unspecified atom stereocenters. The molecule has 2 N–H and O–H groups in total. The first-order chi connectivity index (χ1) is 16.5. The van der Waals surface area contributed by atoms with Crippen molar-refractivity contribution in [3.05, 3.63) is 60.3 Å². The Bertz CT molecular complexity index is 1030. The van der Waals surface area contributed by atoms with Crippen molar-refractivity contribution in [3.63, 3.8) is 0 Å². The number of piperazine rings is 1. The molecular weight excluding hydrogens is 441 g/mol. The van der Waals surface area contributed by atoms with Gasteiger partial charge in [-0.1, -0.05) is 30.8 Å². The van der Waals surface area contributed by atoms with Crippen LogP contribution in [0.3, 0.4) is 0 Å². The van der Waals surface area contributed by atoms with Gasteiger partial charge in [0.2, 0.25) is 11.9 Å². The van der Waals surface area contributed by atoms with Crippen LogP contribution < -0.4 is 15.8 Å². The third kappa shape index (κ3) is 5.32. The second kappa shape index (κ2) is 10.6. The summed E-state index contributed by atoms with van der Waals surface area (Å²) in [4.78, 5) is 37.5. The molecule has 4 rings (SSSR count). The number of nitrogens with zero attached hydrogens (tertiary/aromatic N) is 5. The Hall–Kier alpha value is -3.57. The van der Waals surface area contributed by atoms with Gasteiger partial charge in [-0.3, -0.25) is 9.69 Å². The van der Waals surface area contributed by atoms with Gasteiger partial charge in [0.05, 0.1) is 6.04 Å². The first kappa shape index (κ1) is 23.6. The van der Waals surface area contributed by atoms with E-state index in [2.05, 4.69) is 51.0 Å². The lowest BCUT2D eigenvalue weighted by atomic mass is 10.1. The third-order valence-electron chi connectivity index (χ3n) is 5.98. The van der Waals surface area contributed by atoms with E-state index in [0.717, 1.165) is 30.1 Å². The van der Waals surface area contributed by atoms with Crippen LogP contribution in [0.5, 0.6) is 0 Å². The number of benzene rings is 1. The largest absolute Gasteiger partial charge is 0.445 e. The summed E-state index contributed by atoms with van der Waals surface area (Å²) in [6.07, 6.45) is 1.27. The first-order valence-electron chi connectivity index (χ1n) is 11.1. The molecule has 180 valence electrons. The van der Waals surface area contributed by atoms with Gasteiger partial charge >= 0.3 is 6.09 Å². The molecule has 2 aliphatic rings. The molecule has 0 radical (unpaired) electrons. The molecule has 2 aliphatic heterocycles. The second-order valence-corrected chi connectivity index (χ2v) is 8.22. The molecule has 2 atom stereocenters. The molecule has 34 heavy (non-hydrogen) atoms. The Morgan fingerprint density at radius 1 is 1.26 bits per heavy atom. The lowest BCUT2D eigenvalue weighted by molar-refractivity contribution is -0.127. The Kier molecular flexibility index (Phi) is 7.33. The van der Waals surface area contributed by atoms with Crippen LogP contribution >= 0.6 is 0 Å². The van der Waals surface area contributed by atoms with E-state index in [1.54, 1.807) is 5.54 Å². The minimum absolute atomic E-state index is 0.0146. The molecular formula is C23H28FN7O3. The molecule has 2 saturated heterocycles. The summed E-state index contributed by atoms with van der Waals surface area (Å²) in [7, 11) is 0. The molecule has 2 fully saturated rings. The molecule has 0 saturated carbocycles. The number of hydrogen-bond donors (Lipinski definition) is 2. The Labute approximate surface area is 197 Å². The SMILES string of the molecule is C=CC(=O)N1CCN(Cc2ccc([C@H](C)Nc3nccc(N4C(=O)OC[C@@H]4NF)n3)cc2)CC1. The summed E-state index contributed by atoms with van der Waals surface area (Å²) in [6.45, 7) is 9.32. The van der Waals surface area contributed by atoms with E-state index in [0.29, 0.717) is 19.0 Å². The minimum Gasteiger partial charge on any atom is -0.445 e. The number of rotatable bonds is 8. The van der Waals surface area contributed by atoms with Gasteiger partial charge in [0.25, 0.3) is 0 Å². The number of aromatic nitrogens is 2. The number of hydrogen-bond acceptors (Lipinski definition) is 8. The minimum atomic E-state index is -0.925. The average Bonchev–Trinajstić information content (AvgIpc) is 3.25. The van der Waals surface area contributed by atoms with Gasteiger partial charge in [0.15, 0.2) is 6.17 Å². The predicted octanol–water partition coefficient (Wildman–Crippen LogP) is 2.24. The quantitative estimate of drug-likeness (QED) is 0.448. The fourth-order valence-electron chi connectivity index (χ4n) is 4.01. The van der Waals surface area contributed by atoms with E-state index in [4.69, 9.17) is 4.74 Å². The Morgan fingerprint density at radius 3 is 2.68 bits per heavy atom. The zero-order chi connectivity index (χ0) is 24.1. The molecule has 2 amide bonds. The van der Waals surface area contributed by atoms with E-state index in [1.165, 1.54) is 23.9 Å². The maximum absolute atomic E-state index is 13.0. The highest BCUT2D eigenvalue weighted by Crippen LogP contribution is 2.23. The first-order valence-corrected chi connectivity index (χ1v) is 11.1. The normalized spacial score (nSPS) is 19.6. The molecule has 2 aromatic rings. The topological polar surface area (TPSA) is 103 Å². The Balaban J connectivity index is 1.34. The second-order valence-electron chi connectivity index (χ2n) is 8.22. The molecule has 3 heterocycles. The predicted molar refractivity (Wildman–Crippen MR) is 124 cm³/mol. The summed E-state index contributed by atoms with van der Waals surface area (Å²) in [6, 6.07) is 9.70. The number of anilines is 2. The summed E-state index contributed by atoms with van der Waals surface area (Å²) in [5, 5.41) is 3.22. The standard InChI is InChI=1S/C23H28FN7O3/c1-3-21(32)30-12-10-29(11-13-30)14-17-4-6-18(7-5-17)16(2)26-22-25-9-8-19(27-22)31-20(28-24)15-34-23(31)33/h3-9,16,20,28H,1,10-15H2,2H3,(H,25,26,27)/t16-,20+/m0/s1. The zero-order valence-electron chi connectivity index (χ0n) is 19.0. The van der Waals surface area contributed by atoms with Crippen molar-refractivity contribution in [2.45, 2.75) is 25.7 Å². The van der Waals surface area contributed by atoms with E-state index >= 15 is 0 Å². The molecule has 0 aliphatic carbocycles. The highest BCUT2D eigenvalue weighted by Gasteiger charge is 2.35. The molecule has 10 nitrogen and oxygen atoms in total. The molecule has 1 aromatic carbocycles. The monoisotopic (exact) mass is 469 g/mol. The van der Waals surface area contributed by atoms with Gasteiger partial charge in [-0.05, 0) is 30.2 Å². The fourth-order valence-corrected chi connectivity index (χ4v) is 4.01. The van der Waals surface area contributed by atoms with Crippen LogP contribution in [-0.2, 0) is 16.1 Å². The van der Waals surface area contributed by atoms with E-state index in [9.17, 15) is 14.1 Å². The van der Waals surface area contributed by atoms with Gasteiger partial charge in [-0.25, -0.2) is 14.7 Å². The highest BCUT2D eigenvalue weighted by molar-refractivity contribution is 5.89. The van der Waals surface area contributed by atoms with E-state index in [1.807, 2.05) is 11.8 Å². The number of carbonyl (C=O) groups is 2. The van der Waals surface area contributed by atoms with E-state index in [-0.39, 0.29) is 24.4 Å². The molecule has 0 bridgehead atoms. The maximum Gasteiger partial charge on any atom is 0.417 e. The third-order valence-corrected chi connectivity index (χ3v) is 5.98. The number of nitrogens with one attached hydrogen (secondary N) is 2. The molecule has 11 heteroatoms. The zero-order valence-corrected chi connectivity index (χ0v) is 19.0. The highest BCUT2D eigenvalue weighted by atomic mass is 19.2. The van der Waals surface area contributed by atoms with Crippen molar-refractivity contribution in [2.24, 2.45) is 0 Å². The van der Waals surface area contributed by atoms with Crippen LogP contribution in [0.25, 0.3) is 0 Å². The number of amides is 2. The van der Waals surface area contributed by atoms with Gasteiger partial charge in [-0.15, -0.1) is 10.0 Å². The summed E-state index contributed by atoms with van der Waals surface area (Å²) >= 11 is 0. The van der Waals surface area contributed by atoms with Crippen LogP contribution in [0.15, 0.2) is 49.2 Å². The van der Waals surface area contributed by atoms with Crippen LogP contribution in [0, 0.1) is 0 Å². The van der Waals surface area contributed by atoms with Gasteiger partial charge in [-0.2, -0.15) is 4.98 Å². The number of halogens is 1. The van der Waals surface area contributed by atoms with Crippen molar-refractivity contribution in [2.75, 3.05) is 43.0 Å². The van der Waals surface area contributed by atoms with Crippen molar-refractivity contribution < 1.29 is 18.8 Å². The molecule has 1 aromatic heterocycles. The number of cyclic esters (lactones) is 1. The smallest absolute Gasteiger partial charge is 0.417 e. The van der Waals surface area contributed by atoms with Crippen LogP contribution in [-0.4, -0.2) is 70.7 Å². The summed E-state index contributed by atoms with van der Waals surface area (Å²) in [5.74, 6) is 0.546. The van der Waals surface area contributed by atoms with Crippen LogP contribution in [0.4, 0.5) is 21.0 Å². The van der Waals surface area contributed by atoms with Crippen molar-refractivity contribution in [3.8, 4) is 0 Å². The number of carbonyl (C=O) groups excluding carboxylic acids is 2.